The molecule has 0 aliphatic heterocycles. The van der Waals surface area contributed by atoms with E-state index in [0.29, 0.717) is 19.0 Å². The van der Waals surface area contributed by atoms with Gasteiger partial charge in [0, 0.05) is 5.69 Å². The number of nitriles is 1. The van der Waals surface area contributed by atoms with Crippen LogP contribution in [0.1, 0.15) is 18.3 Å². The topological polar surface area (TPSA) is 105 Å². The molecule has 1 heterocycles. The van der Waals surface area contributed by atoms with Gasteiger partial charge in [-0.05, 0) is 24.1 Å². The van der Waals surface area contributed by atoms with Gasteiger partial charge in [-0.25, -0.2) is 9.67 Å². The molecule has 0 saturated heterocycles. The molecule has 108 valence electrons. The molecule has 0 atom stereocenters. The smallest absolute Gasteiger partial charge is 0.252 e. The molecule has 1 aromatic heterocycles. The van der Waals surface area contributed by atoms with Crippen LogP contribution in [0.3, 0.4) is 0 Å². The third-order valence-electron chi connectivity index (χ3n) is 2.88. The van der Waals surface area contributed by atoms with Gasteiger partial charge < -0.3 is 11.1 Å². The Hall–Kier alpha value is -2.88. The minimum absolute atomic E-state index is 0.154. The highest BCUT2D eigenvalue weighted by molar-refractivity contribution is 5.92. The van der Waals surface area contributed by atoms with Crippen molar-refractivity contribution in [3.63, 3.8) is 0 Å². The number of rotatable bonds is 5. The van der Waals surface area contributed by atoms with Crippen molar-refractivity contribution in [3.05, 3.63) is 42.0 Å². The lowest BCUT2D eigenvalue weighted by Gasteiger charge is -2.06. The molecule has 0 amide bonds. The van der Waals surface area contributed by atoms with E-state index in [0.717, 1.165) is 12.1 Å². The number of aryl methyl sites for hydroxylation is 1. The van der Waals surface area contributed by atoms with E-state index in [-0.39, 0.29) is 5.82 Å². The van der Waals surface area contributed by atoms with E-state index in [1.165, 1.54) is 11.9 Å². The van der Waals surface area contributed by atoms with Crippen LogP contribution >= 0.6 is 0 Å². The molecular formula is C14H17N7. The number of nitrogens with one attached hydrogen (secondary N) is 1. The lowest BCUT2D eigenvalue weighted by Crippen LogP contribution is -2.23. The molecule has 7 nitrogen and oxygen atoms in total. The van der Waals surface area contributed by atoms with E-state index < -0.39 is 0 Å². The highest BCUT2D eigenvalue weighted by Gasteiger charge is 1.99. The van der Waals surface area contributed by atoms with Crippen LogP contribution in [-0.4, -0.2) is 27.3 Å². The minimum atomic E-state index is 0.154. The van der Waals surface area contributed by atoms with Gasteiger partial charge in [0.1, 0.15) is 12.4 Å². The van der Waals surface area contributed by atoms with Crippen LogP contribution < -0.4 is 11.1 Å². The molecule has 21 heavy (non-hydrogen) atoms. The molecule has 2 rings (SSSR count). The number of anilines is 1. The first kappa shape index (κ1) is 14.5. The number of nitrogens with zero attached hydrogens (tertiary/aromatic N) is 5. The standard InChI is InChI=1S/C14H17N7/c1-2-11-3-5-12(6-4-11)19-14(16)17-7-8-21-10-18-13(9-15)20-21/h3-6,10H,2,7-8H2,1H3,(H3,16,17,19). The average molecular weight is 283 g/mol. The number of benzene rings is 1. The lowest BCUT2D eigenvalue weighted by molar-refractivity contribution is 0.622. The van der Waals surface area contributed by atoms with Gasteiger partial charge in [-0.2, -0.15) is 5.26 Å². The van der Waals surface area contributed by atoms with E-state index in [1.54, 1.807) is 4.68 Å². The fourth-order valence-corrected chi connectivity index (χ4v) is 1.74. The van der Waals surface area contributed by atoms with Crippen molar-refractivity contribution in [2.75, 3.05) is 11.9 Å². The molecule has 2 aromatic rings. The zero-order valence-electron chi connectivity index (χ0n) is 11.8. The Balaban J connectivity index is 1.84. The summed E-state index contributed by atoms with van der Waals surface area (Å²) < 4.78 is 1.56. The number of guanidine groups is 1. The maximum atomic E-state index is 8.62. The summed E-state index contributed by atoms with van der Waals surface area (Å²) in [6.07, 6.45) is 2.51. The van der Waals surface area contributed by atoms with Crippen LogP contribution in [0.4, 0.5) is 5.69 Å². The maximum Gasteiger partial charge on any atom is 0.252 e. The molecule has 0 aliphatic carbocycles. The first-order valence-corrected chi connectivity index (χ1v) is 6.66. The molecule has 0 unspecified atom stereocenters. The van der Waals surface area contributed by atoms with Gasteiger partial charge in [0.2, 0.25) is 0 Å². The monoisotopic (exact) mass is 283 g/mol. The fourth-order valence-electron chi connectivity index (χ4n) is 1.74. The molecule has 1 aromatic carbocycles. The van der Waals surface area contributed by atoms with Gasteiger partial charge >= 0.3 is 0 Å². The van der Waals surface area contributed by atoms with Gasteiger partial charge in [-0.1, -0.05) is 19.1 Å². The summed E-state index contributed by atoms with van der Waals surface area (Å²) >= 11 is 0. The van der Waals surface area contributed by atoms with Gasteiger partial charge in [0.15, 0.2) is 5.96 Å². The molecule has 0 saturated carbocycles. The van der Waals surface area contributed by atoms with Gasteiger partial charge in [-0.3, -0.25) is 4.99 Å². The number of aromatic nitrogens is 3. The van der Waals surface area contributed by atoms with Crippen LogP contribution in [0.15, 0.2) is 35.6 Å². The fraction of sp³-hybridized carbons (Fsp3) is 0.286. The Morgan fingerprint density at radius 1 is 1.43 bits per heavy atom. The number of hydrogen-bond donors (Lipinski definition) is 2. The second-order valence-electron chi connectivity index (χ2n) is 4.39. The molecule has 0 fully saturated rings. The zero-order chi connectivity index (χ0) is 15.1. The minimum Gasteiger partial charge on any atom is -0.370 e. The summed E-state index contributed by atoms with van der Waals surface area (Å²) in [5.41, 5.74) is 7.99. The third kappa shape index (κ3) is 4.31. The Labute approximate surface area is 123 Å². The van der Waals surface area contributed by atoms with Crippen LogP contribution in [0.2, 0.25) is 0 Å². The highest BCUT2D eigenvalue weighted by atomic mass is 15.3. The Kier molecular flexibility index (Phi) is 4.88. The maximum absolute atomic E-state index is 8.62. The molecule has 0 bridgehead atoms. The van der Waals surface area contributed by atoms with Gasteiger partial charge in [0.05, 0.1) is 13.1 Å². The Morgan fingerprint density at radius 3 is 2.81 bits per heavy atom. The van der Waals surface area contributed by atoms with Crippen molar-refractivity contribution in [1.29, 1.82) is 5.26 Å². The Bertz CT molecular complexity index is 649. The molecular weight excluding hydrogens is 266 g/mol. The molecule has 0 radical (unpaired) electrons. The third-order valence-corrected chi connectivity index (χ3v) is 2.88. The van der Waals surface area contributed by atoms with Crippen molar-refractivity contribution < 1.29 is 0 Å². The quantitative estimate of drug-likeness (QED) is 0.632. The van der Waals surface area contributed by atoms with E-state index in [9.17, 15) is 0 Å². The SMILES string of the molecule is CCc1ccc(NC(N)=NCCn2cnc(C#N)n2)cc1. The van der Waals surface area contributed by atoms with Crippen LogP contribution in [-0.2, 0) is 13.0 Å². The molecule has 0 aliphatic rings. The van der Waals surface area contributed by atoms with Gasteiger partial charge in [-0.15, -0.1) is 5.10 Å². The largest absolute Gasteiger partial charge is 0.370 e. The van der Waals surface area contributed by atoms with E-state index in [4.69, 9.17) is 11.0 Å². The Morgan fingerprint density at radius 2 is 2.19 bits per heavy atom. The average Bonchev–Trinajstić information content (AvgIpc) is 2.96. The second kappa shape index (κ2) is 7.05. The van der Waals surface area contributed by atoms with Crippen molar-refractivity contribution in [2.24, 2.45) is 10.7 Å². The summed E-state index contributed by atoms with van der Waals surface area (Å²) in [7, 11) is 0. The van der Waals surface area contributed by atoms with E-state index in [2.05, 4.69) is 39.4 Å². The number of hydrogen-bond acceptors (Lipinski definition) is 4. The number of nitrogens with two attached hydrogens (primary N) is 1. The lowest BCUT2D eigenvalue weighted by atomic mass is 10.1. The number of aliphatic imine (C=N–C) groups is 1. The summed E-state index contributed by atoms with van der Waals surface area (Å²) in [5.74, 6) is 0.501. The highest BCUT2D eigenvalue weighted by Crippen LogP contribution is 2.09. The van der Waals surface area contributed by atoms with Crippen molar-refractivity contribution in [2.45, 2.75) is 19.9 Å². The first-order valence-electron chi connectivity index (χ1n) is 6.66. The molecule has 7 heteroatoms. The van der Waals surface area contributed by atoms with Crippen LogP contribution in [0, 0.1) is 11.3 Å². The van der Waals surface area contributed by atoms with E-state index >= 15 is 0 Å². The summed E-state index contributed by atoms with van der Waals surface area (Å²) in [6.45, 7) is 3.09. The van der Waals surface area contributed by atoms with Crippen molar-refractivity contribution in [3.8, 4) is 6.07 Å². The summed E-state index contributed by atoms with van der Waals surface area (Å²) in [5, 5.41) is 15.6. The first-order chi connectivity index (χ1) is 10.2. The predicted molar refractivity (Wildman–Crippen MR) is 80.7 cm³/mol. The summed E-state index contributed by atoms with van der Waals surface area (Å²) in [6, 6.07) is 9.91. The van der Waals surface area contributed by atoms with Crippen LogP contribution in [0.25, 0.3) is 0 Å². The zero-order valence-corrected chi connectivity index (χ0v) is 11.8. The summed E-state index contributed by atoms with van der Waals surface area (Å²) in [4.78, 5) is 8.02. The normalized spacial score (nSPS) is 11.1. The van der Waals surface area contributed by atoms with Crippen molar-refractivity contribution >= 4 is 11.6 Å². The van der Waals surface area contributed by atoms with Crippen LogP contribution in [0.5, 0.6) is 0 Å². The van der Waals surface area contributed by atoms with Crippen molar-refractivity contribution in [1.82, 2.24) is 14.8 Å². The predicted octanol–water partition coefficient (Wildman–Crippen LogP) is 1.14. The van der Waals surface area contributed by atoms with Gasteiger partial charge in [0.25, 0.3) is 5.82 Å². The molecule has 0 spiro atoms. The second-order valence-corrected chi connectivity index (χ2v) is 4.39. The van der Waals surface area contributed by atoms with E-state index in [1.807, 2.05) is 18.2 Å². The molecule has 3 N–H and O–H groups in total.